The van der Waals surface area contributed by atoms with Crippen molar-refractivity contribution in [2.75, 3.05) is 20.2 Å². The normalized spacial score (nSPS) is 16.5. The summed E-state index contributed by atoms with van der Waals surface area (Å²) in [5.74, 6) is -3.38. The van der Waals surface area contributed by atoms with Gasteiger partial charge in [-0.3, -0.25) is 14.4 Å². The minimum Gasteiger partial charge on any atom is -0.468 e. The Balaban J connectivity index is 2.09. The number of ether oxygens (including phenoxy) is 1. The summed E-state index contributed by atoms with van der Waals surface area (Å²) in [4.78, 5) is 42.2. The number of likely N-dealkylation sites (tertiary alicyclic amines) is 1. The van der Waals surface area contributed by atoms with E-state index in [2.05, 4.69) is 15.9 Å². The van der Waals surface area contributed by atoms with Crippen LogP contribution in [0.25, 0.3) is 0 Å². The number of nitrogens with zero attached hydrogens (tertiary/aromatic N) is 1. The maximum atomic E-state index is 13.7. The number of amides is 1. The lowest BCUT2D eigenvalue weighted by Crippen LogP contribution is -2.47. The predicted octanol–water partition coefficient (Wildman–Crippen LogP) is 5.90. The standard InChI is InChI=1S/C26H29BrClNO4/c1-3-21(24(30)18-7-11-19(27)12-8-18)22(17-9-13-20(28)14-10-17)23(26(32)33-2)25(31)29-15-5-4-6-16-29/h7-14,21-23H,3-6,15-16H2,1-2H3/t21-,22+,23-/m0/s1. The van der Waals surface area contributed by atoms with Crippen LogP contribution in [0.4, 0.5) is 0 Å². The summed E-state index contributed by atoms with van der Waals surface area (Å²) in [6.45, 7) is 3.12. The molecule has 1 aliphatic rings. The van der Waals surface area contributed by atoms with Crippen LogP contribution in [0.3, 0.4) is 0 Å². The average Bonchev–Trinajstić information content (AvgIpc) is 2.84. The number of esters is 1. The smallest absolute Gasteiger partial charge is 0.318 e. The number of Topliss-reactive ketones (excluding diaryl/α,β-unsaturated/α-hetero) is 1. The molecule has 2 aromatic rings. The molecular formula is C26H29BrClNO4. The van der Waals surface area contributed by atoms with Crippen LogP contribution in [0.1, 0.15) is 54.4 Å². The molecule has 1 saturated heterocycles. The summed E-state index contributed by atoms with van der Waals surface area (Å²) in [5.41, 5.74) is 1.26. The zero-order valence-corrected chi connectivity index (χ0v) is 21.3. The Morgan fingerprint density at radius 3 is 2.15 bits per heavy atom. The SMILES string of the molecule is CC[C@H](C(=O)c1ccc(Br)cc1)[C@@H](c1ccc(Cl)cc1)[C@H](C(=O)OC)C(=O)N1CCCCC1. The van der Waals surface area contributed by atoms with Gasteiger partial charge in [-0.1, -0.05) is 58.7 Å². The van der Waals surface area contributed by atoms with Crippen molar-refractivity contribution in [1.82, 2.24) is 4.90 Å². The van der Waals surface area contributed by atoms with Crippen molar-refractivity contribution in [2.24, 2.45) is 11.8 Å². The number of benzene rings is 2. The van der Waals surface area contributed by atoms with E-state index in [9.17, 15) is 14.4 Å². The van der Waals surface area contributed by atoms with Gasteiger partial charge in [0.05, 0.1) is 7.11 Å². The first-order chi connectivity index (χ1) is 15.9. The molecule has 3 rings (SSSR count). The van der Waals surface area contributed by atoms with Crippen LogP contribution >= 0.6 is 27.5 Å². The fourth-order valence-electron chi connectivity index (χ4n) is 4.61. The molecule has 33 heavy (non-hydrogen) atoms. The molecule has 1 heterocycles. The van der Waals surface area contributed by atoms with Crippen molar-refractivity contribution in [3.05, 3.63) is 69.2 Å². The van der Waals surface area contributed by atoms with Crippen molar-refractivity contribution < 1.29 is 19.1 Å². The fourth-order valence-corrected chi connectivity index (χ4v) is 5.00. The van der Waals surface area contributed by atoms with Gasteiger partial charge >= 0.3 is 5.97 Å². The highest BCUT2D eigenvalue weighted by Crippen LogP contribution is 2.39. The zero-order chi connectivity index (χ0) is 24.0. The van der Waals surface area contributed by atoms with Gasteiger partial charge in [-0.25, -0.2) is 0 Å². The second-order valence-electron chi connectivity index (χ2n) is 8.35. The summed E-state index contributed by atoms with van der Waals surface area (Å²) < 4.78 is 5.99. The van der Waals surface area contributed by atoms with Crippen LogP contribution in [0.15, 0.2) is 53.0 Å². The number of piperidine rings is 1. The third-order valence-corrected chi connectivity index (χ3v) is 7.12. The van der Waals surface area contributed by atoms with Gasteiger partial charge in [-0.15, -0.1) is 0 Å². The van der Waals surface area contributed by atoms with Crippen LogP contribution in [0.2, 0.25) is 5.02 Å². The summed E-state index contributed by atoms with van der Waals surface area (Å²) >= 11 is 9.52. The zero-order valence-electron chi connectivity index (χ0n) is 18.9. The third-order valence-electron chi connectivity index (χ3n) is 6.34. The lowest BCUT2D eigenvalue weighted by Gasteiger charge is -2.35. The highest BCUT2D eigenvalue weighted by Gasteiger charge is 2.45. The van der Waals surface area contributed by atoms with Gasteiger partial charge in [-0.05, 0) is 55.5 Å². The number of hydrogen-bond acceptors (Lipinski definition) is 4. The monoisotopic (exact) mass is 533 g/mol. The van der Waals surface area contributed by atoms with Crippen LogP contribution in [-0.4, -0.2) is 42.8 Å². The fraction of sp³-hybridized carbons (Fsp3) is 0.423. The van der Waals surface area contributed by atoms with E-state index in [1.165, 1.54) is 7.11 Å². The number of rotatable bonds is 8. The predicted molar refractivity (Wildman–Crippen MR) is 132 cm³/mol. The summed E-state index contributed by atoms with van der Waals surface area (Å²) in [5, 5.41) is 0.543. The van der Waals surface area contributed by atoms with E-state index < -0.39 is 23.7 Å². The maximum absolute atomic E-state index is 13.7. The minimum absolute atomic E-state index is 0.106. The topological polar surface area (TPSA) is 63.7 Å². The molecule has 0 saturated carbocycles. The Bertz CT molecular complexity index is 971. The second kappa shape index (κ2) is 11.8. The Morgan fingerprint density at radius 2 is 1.61 bits per heavy atom. The lowest BCUT2D eigenvalue weighted by molar-refractivity contribution is -0.155. The number of carbonyl (C=O) groups is 3. The molecule has 0 unspecified atom stereocenters. The molecule has 1 aliphatic heterocycles. The van der Waals surface area contributed by atoms with Crippen LogP contribution in [0.5, 0.6) is 0 Å². The van der Waals surface area contributed by atoms with Gasteiger partial charge in [0, 0.05) is 40.0 Å². The average molecular weight is 535 g/mol. The summed E-state index contributed by atoms with van der Waals surface area (Å²) in [6, 6.07) is 14.2. The number of ketones is 1. The highest BCUT2D eigenvalue weighted by atomic mass is 79.9. The van der Waals surface area contributed by atoms with Crippen molar-refractivity contribution in [1.29, 1.82) is 0 Å². The molecule has 1 amide bonds. The summed E-state index contributed by atoms with van der Waals surface area (Å²) in [7, 11) is 1.29. The molecule has 0 aliphatic carbocycles. The van der Waals surface area contributed by atoms with E-state index in [-0.39, 0.29) is 11.7 Å². The molecule has 0 aromatic heterocycles. The molecule has 176 valence electrons. The van der Waals surface area contributed by atoms with Gasteiger partial charge in [0.25, 0.3) is 0 Å². The minimum atomic E-state index is -1.11. The van der Waals surface area contributed by atoms with E-state index in [4.69, 9.17) is 16.3 Å². The van der Waals surface area contributed by atoms with Gasteiger partial charge in [0.15, 0.2) is 5.78 Å². The first-order valence-electron chi connectivity index (χ1n) is 11.3. The number of methoxy groups -OCH3 is 1. The van der Waals surface area contributed by atoms with E-state index in [1.54, 1.807) is 41.3 Å². The third kappa shape index (κ3) is 6.04. The molecule has 3 atom stereocenters. The quantitative estimate of drug-likeness (QED) is 0.240. The number of carbonyl (C=O) groups excluding carboxylic acids is 3. The molecule has 0 N–H and O–H groups in total. The van der Waals surface area contributed by atoms with Gasteiger partial charge in [0.2, 0.25) is 5.91 Å². The lowest BCUT2D eigenvalue weighted by atomic mass is 9.72. The highest BCUT2D eigenvalue weighted by molar-refractivity contribution is 9.10. The molecule has 0 spiro atoms. The van der Waals surface area contributed by atoms with Gasteiger partial charge in [0.1, 0.15) is 5.92 Å². The maximum Gasteiger partial charge on any atom is 0.318 e. The number of halogens is 2. The molecule has 5 nitrogen and oxygen atoms in total. The van der Waals surface area contributed by atoms with E-state index in [1.807, 2.05) is 19.1 Å². The van der Waals surface area contributed by atoms with E-state index >= 15 is 0 Å². The van der Waals surface area contributed by atoms with Crippen LogP contribution in [0, 0.1) is 11.8 Å². The molecule has 2 aromatic carbocycles. The molecule has 0 radical (unpaired) electrons. The van der Waals surface area contributed by atoms with Crippen molar-refractivity contribution in [3.8, 4) is 0 Å². The Morgan fingerprint density at radius 1 is 1.00 bits per heavy atom. The molecule has 0 bridgehead atoms. The van der Waals surface area contributed by atoms with Crippen molar-refractivity contribution in [3.63, 3.8) is 0 Å². The van der Waals surface area contributed by atoms with Crippen molar-refractivity contribution in [2.45, 2.75) is 38.5 Å². The van der Waals surface area contributed by atoms with Crippen LogP contribution in [-0.2, 0) is 14.3 Å². The number of hydrogen-bond donors (Lipinski definition) is 0. The molecule has 1 fully saturated rings. The van der Waals surface area contributed by atoms with E-state index in [0.717, 1.165) is 29.3 Å². The first kappa shape index (κ1) is 25.4. The Labute approximate surface area is 208 Å². The van der Waals surface area contributed by atoms with E-state index in [0.29, 0.717) is 30.1 Å². The van der Waals surface area contributed by atoms with Crippen molar-refractivity contribution >= 4 is 45.2 Å². The second-order valence-corrected chi connectivity index (χ2v) is 9.70. The van der Waals surface area contributed by atoms with Gasteiger partial charge in [-0.2, -0.15) is 0 Å². The summed E-state index contributed by atoms with van der Waals surface area (Å²) in [6.07, 6.45) is 3.33. The molecular weight excluding hydrogens is 506 g/mol. The van der Waals surface area contributed by atoms with Crippen LogP contribution < -0.4 is 0 Å². The Kier molecular flexibility index (Phi) is 9.10. The first-order valence-corrected chi connectivity index (χ1v) is 12.5. The van der Waals surface area contributed by atoms with Gasteiger partial charge < -0.3 is 9.64 Å². The largest absolute Gasteiger partial charge is 0.468 e. The molecule has 7 heteroatoms. The Hall–Kier alpha value is -2.18.